The number of nitrogens with zero attached hydrogens (tertiary/aromatic N) is 1. The highest BCUT2D eigenvalue weighted by Crippen LogP contribution is 2.26. The van der Waals surface area contributed by atoms with E-state index in [0.717, 1.165) is 6.08 Å². The topological polar surface area (TPSA) is 69.4 Å². The van der Waals surface area contributed by atoms with Gasteiger partial charge in [0.05, 0.1) is 11.5 Å². The molecule has 1 aromatic rings. The monoisotopic (exact) mass is 235 g/mol. The molecule has 1 aromatic carbocycles. The van der Waals surface area contributed by atoms with Crippen molar-refractivity contribution in [1.82, 2.24) is 0 Å². The van der Waals surface area contributed by atoms with E-state index in [4.69, 9.17) is 4.74 Å². The SMILES string of the molecule is C=CC(=O)OCC(C)c1ccccc1[N+](=O)[O-]. The van der Waals surface area contributed by atoms with Gasteiger partial charge in [-0.3, -0.25) is 10.1 Å². The maximum Gasteiger partial charge on any atom is 0.330 e. The number of nitro benzene ring substituents is 1. The molecule has 5 heteroatoms. The minimum Gasteiger partial charge on any atom is -0.462 e. The van der Waals surface area contributed by atoms with Gasteiger partial charge in [0.25, 0.3) is 5.69 Å². The summed E-state index contributed by atoms with van der Waals surface area (Å²) in [6, 6.07) is 6.41. The first kappa shape index (κ1) is 12.9. The van der Waals surface area contributed by atoms with Crippen molar-refractivity contribution in [3.05, 3.63) is 52.6 Å². The summed E-state index contributed by atoms with van der Waals surface area (Å²) in [4.78, 5) is 21.3. The van der Waals surface area contributed by atoms with E-state index in [0.29, 0.717) is 5.56 Å². The number of para-hydroxylation sites is 1. The molecule has 0 saturated heterocycles. The molecule has 0 radical (unpaired) electrons. The Bertz CT molecular complexity index is 442. The van der Waals surface area contributed by atoms with Crippen LogP contribution in [0.3, 0.4) is 0 Å². The number of hydrogen-bond acceptors (Lipinski definition) is 4. The van der Waals surface area contributed by atoms with Gasteiger partial charge in [-0.25, -0.2) is 4.79 Å². The fourth-order valence-electron chi connectivity index (χ4n) is 1.43. The summed E-state index contributed by atoms with van der Waals surface area (Å²) in [7, 11) is 0. The number of carbonyl (C=O) groups excluding carboxylic acids is 1. The zero-order valence-electron chi connectivity index (χ0n) is 9.46. The van der Waals surface area contributed by atoms with E-state index in [1.165, 1.54) is 6.07 Å². The van der Waals surface area contributed by atoms with Crippen LogP contribution in [0.25, 0.3) is 0 Å². The van der Waals surface area contributed by atoms with Crippen molar-refractivity contribution in [3.63, 3.8) is 0 Å². The Morgan fingerprint density at radius 3 is 2.82 bits per heavy atom. The molecule has 0 aliphatic carbocycles. The third kappa shape index (κ3) is 3.41. The van der Waals surface area contributed by atoms with Gasteiger partial charge < -0.3 is 4.74 Å². The smallest absolute Gasteiger partial charge is 0.330 e. The lowest BCUT2D eigenvalue weighted by molar-refractivity contribution is -0.385. The summed E-state index contributed by atoms with van der Waals surface area (Å²) in [6.07, 6.45) is 1.06. The predicted molar refractivity (Wildman–Crippen MR) is 62.7 cm³/mol. The van der Waals surface area contributed by atoms with E-state index in [-0.39, 0.29) is 18.2 Å². The van der Waals surface area contributed by atoms with E-state index >= 15 is 0 Å². The van der Waals surface area contributed by atoms with Gasteiger partial charge in [-0.2, -0.15) is 0 Å². The first-order valence-electron chi connectivity index (χ1n) is 5.08. The number of ether oxygens (including phenoxy) is 1. The Hall–Kier alpha value is -2.17. The zero-order valence-corrected chi connectivity index (χ0v) is 9.46. The number of carbonyl (C=O) groups is 1. The third-order valence-corrected chi connectivity index (χ3v) is 2.31. The van der Waals surface area contributed by atoms with E-state index in [2.05, 4.69) is 6.58 Å². The van der Waals surface area contributed by atoms with Crippen LogP contribution in [0, 0.1) is 10.1 Å². The van der Waals surface area contributed by atoms with Crippen LogP contribution in [0.15, 0.2) is 36.9 Å². The van der Waals surface area contributed by atoms with Crippen LogP contribution in [0.4, 0.5) is 5.69 Å². The van der Waals surface area contributed by atoms with Gasteiger partial charge in [-0.15, -0.1) is 0 Å². The standard InChI is InChI=1S/C12H13NO4/c1-3-12(14)17-8-9(2)10-6-4-5-7-11(10)13(15)16/h3-7,9H,1,8H2,2H3. The Morgan fingerprint density at radius 2 is 2.24 bits per heavy atom. The molecule has 0 saturated carbocycles. The van der Waals surface area contributed by atoms with Crippen LogP contribution in [0.1, 0.15) is 18.4 Å². The first-order chi connectivity index (χ1) is 8.06. The maximum absolute atomic E-state index is 10.9. The predicted octanol–water partition coefficient (Wildman–Crippen LogP) is 2.43. The lowest BCUT2D eigenvalue weighted by atomic mass is 10.0. The van der Waals surface area contributed by atoms with Crippen LogP contribution in [-0.4, -0.2) is 17.5 Å². The van der Waals surface area contributed by atoms with Crippen molar-refractivity contribution >= 4 is 11.7 Å². The highest BCUT2D eigenvalue weighted by Gasteiger charge is 2.18. The highest BCUT2D eigenvalue weighted by molar-refractivity contribution is 5.81. The van der Waals surface area contributed by atoms with Crippen LogP contribution in [0.2, 0.25) is 0 Å². The fourth-order valence-corrected chi connectivity index (χ4v) is 1.43. The highest BCUT2D eigenvalue weighted by atomic mass is 16.6. The molecule has 0 aliphatic rings. The minimum absolute atomic E-state index is 0.0367. The number of benzene rings is 1. The normalized spacial score (nSPS) is 11.6. The number of rotatable bonds is 5. The molecule has 0 N–H and O–H groups in total. The van der Waals surface area contributed by atoms with E-state index in [1.54, 1.807) is 25.1 Å². The van der Waals surface area contributed by atoms with E-state index in [9.17, 15) is 14.9 Å². The van der Waals surface area contributed by atoms with Crippen molar-refractivity contribution in [2.24, 2.45) is 0 Å². The molecule has 1 unspecified atom stereocenters. The van der Waals surface area contributed by atoms with Gasteiger partial charge in [-0.1, -0.05) is 31.7 Å². The van der Waals surface area contributed by atoms with Crippen molar-refractivity contribution in [2.45, 2.75) is 12.8 Å². The summed E-state index contributed by atoms with van der Waals surface area (Å²) in [5, 5.41) is 10.8. The maximum atomic E-state index is 10.9. The molecule has 0 aromatic heterocycles. The van der Waals surface area contributed by atoms with Gasteiger partial charge in [0.1, 0.15) is 0 Å². The molecule has 17 heavy (non-hydrogen) atoms. The summed E-state index contributed by atoms with van der Waals surface area (Å²) >= 11 is 0. The van der Waals surface area contributed by atoms with Gasteiger partial charge in [0.2, 0.25) is 0 Å². The molecule has 1 atom stereocenters. The van der Waals surface area contributed by atoms with Crippen LogP contribution in [-0.2, 0) is 9.53 Å². The molecule has 90 valence electrons. The van der Waals surface area contributed by atoms with E-state index < -0.39 is 10.9 Å². The third-order valence-electron chi connectivity index (χ3n) is 2.31. The quantitative estimate of drug-likeness (QED) is 0.340. The average molecular weight is 235 g/mol. The largest absolute Gasteiger partial charge is 0.462 e. The molecule has 0 heterocycles. The molecule has 0 amide bonds. The second-order valence-electron chi connectivity index (χ2n) is 3.55. The van der Waals surface area contributed by atoms with Crippen molar-refractivity contribution in [1.29, 1.82) is 0 Å². The van der Waals surface area contributed by atoms with Gasteiger partial charge in [-0.05, 0) is 0 Å². The van der Waals surface area contributed by atoms with Crippen molar-refractivity contribution in [3.8, 4) is 0 Å². The molecule has 0 fully saturated rings. The van der Waals surface area contributed by atoms with Crippen LogP contribution >= 0.6 is 0 Å². The molecular formula is C12H13NO4. The summed E-state index contributed by atoms with van der Waals surface area (Å²) in [5.74, 6) is -0.768. The van der Waals surface area contributed by atoms with Gasteiger partial charge in [0.15, 0.2) is 0 Å². The molecule has 0 spiro atoms. The second kappa shape index (κ2) is 5.79. The molecule has 5 nitrogen and oxygen atoms in total. The number of esters is 1. The minimum atomic E-state index is -0.532. The second-order valence-corrected chi connectivity index (χ2v) is 3.55. The molecule has 0 bridgehead atoms. The number of hydrogen-bond donors (Lipinski definition) is 0. The Balaban J connectivity index is 2.81. The lowest BCUT2D eigenvalue weighted by Crippen LogP contribution is -2.10. The number of nitro groups is 1. The summed E-state index contributed by atoms with van der Waals surface area (Å²) in [6.45, 7) is 5.13. The van der Waals surface area contributed by atoms with Crippen molar-refractivity contribution in [2.75, 3.05) is 6.61 Å². The summed E-state index contributed by atoms with van der Waals surface area (Å²) < 4.78 is 4.86. The Labute approximate surface area is 98.9 Å². The van der Waals surface area contributed by atoms with Crippen molar-refractivity contribution < 1.29 is 14.5 Å². The zero-order chi connectivity index (χ0) is 12.8. The fraction of sp³-hybridized carbons (Fsp3) is 0.250. The van der Waals surface area contributed by atoms with Gasteiger partial charge >= 0.3 is 5.97 Å². The van der Waals surface area contributed by atoms with Gasteiger partial charge in [0, 0.05) is 23.6 Å². The van der Waals surface area contributed by atoms with Crippen LogP contribution in [0.5, 0.6) is 0 Å². The average Bonchev–Trinajstić information content (AvgIpc) is 2.35. The Kier molecular flexibility index (Phi) is 4.39. The Morgan fingerprint density at radius 1 is 1.59 bits per heavy atom. The summed E-state index contributed by atoms with van der Waals surface area (Å²) in [5.41, 5.74) is 0.587. The van der Waals surface area contributed by atoms with E-state index in [1.807, 2.05) is 0 Å². The molecular weight excluding hydrogens is 222 g/mol. The molecule has 0 aliphatic heterocycles. The molecule has 1 rings (SSSR count). The lowest BCUT2D eigenvalue weighted by Gasteiger charge is -2.11. The van der Waals surface area contributed by atoms with Crippen LogP contribution < -0.4 is 0 Å². The first-order valence-corrected chi connectivity index (χ1v) is 5.08.